The minimum Gasteiger partial charge on any atom is -0.481 e. The Morgan fingerprint density at radius 2 is 2.25 bits per heavy atom. The van der Waals surface area contributed by atoms with Gasteiger partial charge >= 0.3 is 5.97 Å². The van der Waals surface area contributed by atoms with E-state index in [9.17, 15) is 13.2 Å². The van der Waals surface area contributed by atoms with Crippen LogP contribution in [0.15, 0.2) is 0 Å². The lowest BCUT2D eigenvalue weighted by Gasteiger charge is -2.33. The van der Waals surface area contributed by atoms with Crippen molar-refractivity contribution in [2.45, 2.75) is 18.9 Å². The monoisotopic (exact) mass is 246 g/mol. The number of carboxylic acids is 1. The Labute approximate surface area is 94.4 Å². The Morgan fingerprint density at radius 3 is 2.81 bits per heavy atom. The van der Waals surface area contributed by atoms with Crippen molar-refractivity contribution in [3.8, 4) is 6.07 Å². The molecule has 1 rings (SSSR count). The van der Waals surface area contributed by atoms with Crippen LogP contribution in [0.25, 0.3) is 0 Å². The lowest BCUT2D eigenvalue weighted by atomic mass is 10.2. The van der Waals surface area contributed by atoms with Crippen LogP contribution in [0.2, 0.25) is 0 Å². The molecular weight excluding hydrogens is 232 g/mol. The molecule has 0 spiro atoms. The number of hydrogen-bond acceptors (Lipinski definition) is 5. The average molecular weight is 246 g/mol. The molecule has 0 aromatic heterocycles. The van der Waals surface area contributed by atoms with Crippen LogP contribution in [0.3, 0.4) is 0 Å². The van der Waals surface area contributed by atoms with Crippen LogP contribution in [0.1, 0.15) is 12.8 Å². The standard InChI is InChI=1S/C9H14N2O4S/c10-2-1-3-11-4-5-16(14,15)7-8(11)6-9(12)13/h8H,1,3-7H2,(H,12,13). The summed E-state index contributed by atoms with van der Waals surface area (Å²) in [5.74, 6) is -1.08. The Morgan fingerprint density at radius 1 is 1.56 bits per heavy atom. The molecule has 1 fully saturated rings. The minimum atomic E-state index is -3.12. The van der Waals surface area contributed by atoms with Gasteiger partial charge in [0, 0.05) is 25.6 Å². The summed E-state index contributed by atoms with van der Waals surface area (Å²) >= 11 is 0. The topological polar surface area (TPSA) is 98.5 Å². The lowest BCUT2D eigenvalue weighted by Crippen LogP contribution is -2.49. The van der Waals surface area contributed by atoms with Crippen molar-refractivity contribution in [3.63, 3.8) is 0 Å². The number of rotatable bonds is 4. The van der Waals surface area contributed by atoms with Gasteiger partial charge in [-0.05, 0) is 0 Å². The van der Waals surface area contributed by atoms with Crippen molar-refractivity contribution < 1.29 is 18.3 Å². The predicted octanol–water partition coefficient (Wildman–Crippen LogP) is -0.526. The summed E-state index contributed by atoms with van der Waals surface area (Å²) in [6, 6.07) is 1.48. The number of nitriles is 1. The van der Waals surface area contributed by atoms with E-state index in [-0.39, 0.29) is 24.3 Å². The smallest absolute Gasteiger partial charge is 0.304 e. The van der Waals surface area contributed by atoms with Crippen LogP contribution in [0.5, 0.6) is 0 Å². The van der Waals surface area contributed by atoms with Crippen molar-refractivity contribution in [1.29, 1.82) is 5.26 Å². The first kappa shape index (κ1) is 12.9. The first-order valence-electron chi connectivity index (χ1n) is 4.98. The third-order valence-corrected chi connectivity index (χ3v) is 4.27. The second kappa shape index (κ2) is 5.27. The van der Waals surface area contributed by atoms with Gasteiger partial charge < -0.3 is 5.11 Å². The highest BCUT2D eigenvalue weighted by atomic mass is 32.2. The molecule has 0 aromatic carbocycles. The van der Waals surface area contributed by atoms with Gasteiger partial charge in [-0.3, -0.25) is 9.69 Å². The molecule has 0 bridgehead atoms. The molecule has 1 aliphatic heterocycles. The normalized spacial score (nSPS) is 24.8. The van der Waals surface area contributed by atoms with Gasteiger partial charge in [-0.1, -0.05) is 0 Å². The summed E-state index contributed by atoms with van der Waals surface area (Å²) in [5, 5.41) is 17.1. The number of aliphatic carboxylic acids is 1. The van der Waals surface area contributed by atoms with Gasteiger partial charge in [-0.15, -0.1) is 0 Å². The summed E-state index contributed by atoms with van der Waals surface area (Å²) < 4.78 is 22.8. The predicted molar refractivity (Wildman–Crippen MR) is 56.5 cm³/mol. The Balaban J connectivity index is 2.68. The highest BCUT2D eigenvalue weighted by Crippen LogP contribution is 2.15. The molecule has 1 saturated heterocycles. The SMILES string of the molecule is N#CCCN1CCS(=O)(=O)CC1CC(=O)O. The van der Waals surface area contributed by atoms with E-state index in [0.717, 1.165) is 0 Å². The van der Waals surface area contributed by atoms with Crippen LogP contribution >= 0.6 is 0 Å². The number of sulfone groups is 1. The number of carboxylic acid groups (broad SMARTS) is 1. The molecule has 0 radical (unpaired) electrons. The third kappa shape index (κ3) is 3.79. The molecule has 90 valence electrons. The van der Waals surface area contributed by atoms with Crippen LogP contribution in [0, 0.1) is 11.3 Å². The van der Waals surface area contributed by atoms with Crippen molar-refractivity contribution in [2.24, 2.45) is 0 Å². The fraction of sp³-hybridized carbons (Fsp3) is 0.778. The molecule has 6 nitrogen and oxygen atoms in total. The maximum atomic E-state index is 11.4. The van der Waals surface area contributed by atoms with Gasteiger partial charge in [0.05, 0.1) is 24.0 Å². The quantitative estimate of drug-likeness (QED) is 0.716. The maximum Gasteiger partial charge on any atom is 0.304 e. The molecule has 0 aliphatic carbocycles. The fourth-order valence-electron chi connectivity index (χ4n) is 1.80. The molecular formula is C9H14N2O4S. The van der Waals surface area contributed by atoms with Gasteiger partial charge in [0.1, 0.15) is 0 Å². The van der Waals surface area contributed by atoms with Gasteiger partial charge in [-0.2, -0.15) is 5.26 Å². The fourth-order valence-corrected chi connectivity index (χ4v) is 3.39. The number of nitrogens with zero attached hydrogens (tertiary/aromatic N) is 2. The average Bonchev–Trinajstić information content (AvgIpc) is 2.14. The molecule has 1 atom stereocenters. The molecule has 0 aromatic rings. The Bertz CT molecular complexity index is 398. The van der Waals surface area contributed by atoms with E-state index in [1.54, 1.807) is 4.90 Å². The van der Waals surface area contributed by atoms with Gasteiger partial charge in [0.15, 0.2) is 9.84 Å². The number of carbonyl (C=O) groups is 1. The zero-order chi connectivity index (χ0) is 12.2. The molecule has 1 unspecified atom stereocenters. The van der Waals surface area contributed by atoms with E-state index < -0.39 is 21.8 Å². The lowest BCUT2D eigenvalue weighted by molar-refractivity contribution is -0.138. The highest BCUT2D eigenvalue weighted by molar-refractivity contribution is 7.91. The molecule has 1 N–H and O–H groups in total. The van der Waals surface area contributed by atoms with Gasteiger partial charge in [0.25, 0.3) is 0 Å². The van der Waals surface area contributed by atoms with Crippen LogP contribution < -0.4 is 0 Å². The van der Waals surface area contributed by atoms with E-state index >= 15 is 0 Å². The molecule has 1 aliphatic rings. The second-order valence-electron chi connectivity index (χ2n) is 3.81. The molecule has 1 heterocycles. The number of hydrogen-bond donors (Lipinski definition) is 1. The van der Waals surface area contributed by atoms with Gasteiger partial charge in [-0.25, -0.2) is 8.42 Å². The largest absolute Gasteiger partial charge is 0.481 e. The molecule has 7 heteroatoms. The van der Waals surface area contributed by atoms with E-state index in [4.69, 9.17) is 10.4 Å². The summed E-state index contributed by atoms with van der Waals surface area (Å²) in [7, 11) is -3.12. The van der Waals surface area contributed by atoms with E-state index in [1.165, 1.54) is 0 Å². The molecule has 0 saturated carbocycles. The third-order valence-electron chi connectivity index (χ3n) is 2.57. The summed E-state index contributed by atoms with van der Waals surface area (Å²) in [5.41, 5.74) is 0. The van der Waals surface area contributed by atoms with Crippen molar-refractivity contribution >= 4 is 15.8 Å². The first-order valence-corrected chi connectivity index (χ1v) is 6.80. The highest BCUT2D eigenvalue weighted by Gasteiger charge is 2.32. The van der Waals surface area contributed by atoms with E-state index in [0.29, 0.717) is 13.1 Å². The molecule has 16 heavy (non-hydrogen) atoms. The second-order valence-corrected chi connectivity index (χ2v) is 6.04. The maximum absolute atomic E-state index is 11.4. The van der Waals surface area contributed by atoms with E-state index in [2.05, 4.69) is 0 Å². The van der Waals surface area contributed by atoms with Crippen molar-refractivity contribution in [3.05, 3.63) is 0 Å². The summed E-state index contributed by atoms with van der Waals surface area (Å²) in [4.78, 5) is 12.4. The Kier molecular flexibility index (Phi) is 4.26. The van der Waals surface area contributed by atoms with Crippen LogP contribution in [-0.4, -0.2) is 55.0 Å². The summed E-state index contributed by atoms with van der Waals surface area (Å²) in [6.45, 7) is 0.756. The van der Waals surface area contributed by atoms with Crippen LogP contribution in [0.4, 0.5) is 0 Å². The zero-order valence-electron chi connectivity index (χ0n) is 8.79. The minimum absolute atomic E-state index is 0.0501. The van der Waals surface area contributed by atoms with Gasteiger partial charge in [0.2, 0.25) is 0 Å². The Hall–Kier alpha value is -1.13. The van der Waals surface area contributed by atoms with Crippen LogP contribution in [-0.2, 0) is 14.6 Å². The first-order chi connectivity index (χ1) is 7.44. The van der Waals surface area contributed by atoms with Crippen molar-refractivity contribution in [2.75, 3.05) is 24.6 Å². The molecule has 0 amide bonds. The summed E-state index contributed by atoms with van der Waals surface area (Å²) in [6.07, 6.45) is 0.0980. The zero-order valence-corrected chi connectivity index (χ0v) is 9.61. The van der Waals surface area contributed by atoms with Crippen molar-refractivity contribution in [1.82, 2.24) is 4.90 Å². The van der Waals surface area contributed by atoms with E-state index in [1.807, 2.05) is 6.07 Å².